The van der Waals surface area contributed by atoms with E-state index in [0.717, 1.165) is 57.1 Å². The molecular weight excluding hydrogens is 635 g/mol. The molecule has 2 aromatic rings. The normalized spacial score (nSPS) is 19.4. The molecule has 0 aromatic heterocycles. The molecule has 2 aliphatic rings. The topological polar surface area (TPSA) is 41.5 Å². The van der Waals surface area contributed by atoms with Crippen LogP contribution < -0.4 is 5.32 Å². The minimum atomic E-state index is -0.487. The van der Waals surface area contributed by atoms with Crippen LogP contribution in [0.1, 0.15) is 172 Å². The number of allylic oxidation sites excluding steroid dienone is 5. The summed E-state index contributed by atoms with van der Waals surface area (Å²) in [5.41, 5.74) is 13.1. The van der Waals surface area contributed by atoms with Gasteiger partial charge in [-0.2, -0.15) is 0 Å². The first-order valence-electron chi connectivity index (χ1n) is 21.2. The Hall–Kier alpha value is -2.78. The molecule has 0 radical (unpaired) electrons. The molecule has 2 N–H and O–H groups in total. The van der Waals surface area contributed by atoms with E-state index in [1.807, 2.05) is 0 Å². The van der Waals surface area contributed by atoms with E-state index in [0.29, 0.717) is 29.6 Å². The number of ether oxygens (including phenoxy) is 1. The quantitative estimate of drug-likeness (QED) is 0.143. The minimum absolute atomic E-state index is 0.107. The molecule has 0 bridgehead atoms. The molecule has 2 aliphatic carbocycles. The van der Waals surface area contributed by atoms with Crippen LogP contribution in [-0.4, -0.2) is 18.3 Å². The summed E-state index contributed by atoms with van der Waals surface area (Å²) in [6.07, 6.45) is 13.7. The van der Waals surface area contributed by atoms with Gasteiger partial charge in [-0.05, 0) is 141 Å². The Morgan fingerprint density at radius 2 is 1.58 bits per heavy atom. The Morgan fingerprint density at radius 3 is 2.15 bits per heavy atom. The molecule has 5 atom stereocenters. The van der Waals surface area contributed by atoms with E-state index >= 15 is 0 Å². The Kier molecular flexibility index (Phi) is 14.9. The van der Waals surface area contributed by atoms with Crippen LogP contribution >= 0.6 is 0 Å². The summed E-state index contributed by atoms with van der Waals surface area (Å²) in [4.78, 5) is 0. The Labute approximate surface area is 319 Å². The fourth-order valence-corrected chi connectivity index (χ4v) is 10.4. The molecule has 4 rings (SSSR count). The van der Waals surface area contributed by atoms with E-state index < -0.39 is 6.10 Å². The maximum Gasteiger partial charge on any atom is 0.121 e. The van der Waals surface area contributed by atoms with E-state index in [9.17, 15) is 5.11 Å². The fraction of sp³-hybridized carbons (Fsp3) is 0.633. The van der Waals surface area contributed by atoms with Crippen molar-refractivity contribution in [3.63, 3.8) is 0 Å². The third-order valence-corrected chi connectivity index (χ3v) is 13.3. The van der Waals surface area contributed by atoms with Crippen LogP contribution in [0.3, 0.4) is 0 Å². The number of hydrogen-bond donors (Lipinski definition) is 2. The molecule has 0 spiro atoms. The number of hydrogen-bond acceptors (Lipinski definition) is 3. The summed E-state index contributed by atoms with van der Waals surface area (Å²) in [5, 5.41) is 15.0. The zero-order chi connectivity index (χ0) is 38.3. The van der Waals surface area contributed by atoms with Gasteiger partial charge in [0.25, 0.3) is 0 Å². The molecule has 2 aromatic carbocycles. The highest BCUT2D eigenvalue weighted by molar-refractivity contribution is 5.84. The first-order chi connectivity index (χ1) is 24.8. The largest absolute Gasteiger partial charge is 0.490 e. The van der Waals surface area contributed by atoms with Gasteiger partial charge in [0, 0.05) is 30.0 Å². The standard InChI is InChI=1S/C49H75NO2/c1-14-36(15-2)46(51)30-47(37(16-3)17-4)52-35(12)48-34(11)25-32(9)26-40(48)33(10)27-38(24-31(7)8)41-28-42-39-22-20-21-23-43(39)49(18-5,19-6)44(42)29-45(41)50-13/h20-23,25-26,29-31,33,35-38,41,46,50-51H,14-19,24,27-28H2,1-13H3/b47-30-/t33-,35-,38?,41?,46?/m0/s1. The summed E-state index contributed by atoms with van der Waals surface area (Å²) >= 11 is 0. The van der Waals surface area contributed by atoms with Gasteiger partial charge >= 0.3 is 0 Å². The smallest absolute Gasteiger partial charge is 0.121 e. The third-order valence-electron chi connectivity index (χ3n) is 13.3. The Morgan fingerprint density at radius 1 is 0.923 bits per heavy atom. The number of aryl methyl sites for hydroxylation is 2. The van der Waals surface area contributed by atoms with Crippen molar-refractivity contribution < 1.29 is 9.84 Å². The average molecular weight is 710 g/mol. The Balaban J connectivity index is 1.72. The van der Waals surface area contributed by atoms with Gasteiger partial charge in [-0.1, -0.05) is 117 Å². The lowest BCUT2D eigenvalue weighted by Gasteiger charge is -2.38. The van der Waals surface area contributed by atoms with Gasteiger partial charge in [0.2, 0.25) is 0 Å². The van der Waals surface area contributed by atoms with Crippen LogP contribution in [0.15, 0.2) is 65.6 Å². The van der Waals surface area contributed by atoms with Gasteiger partial charge in [-0.25, -0.2) is 0 Å². The monoisotopic (exact) mass is 710 g/mol. The molecule has 0 saturated carbocycles. The van der Waals surface area contributed by atoms with Gasteiger partial charge in [-0.3, -0.25) is 0 Å². The van der Waals surface area contributed by atoms with E-state index in [-0.39, 0.29) is 17.4 Å². The second-order valence-corrected chi connectivity index (χ2v) is 16.9. The molecule has 0 fully saturated rings. The van der Waals surface area contributed by atoms with Crippen molar-refractivity contribution in [2.75, 3.05) is 7.05 Å². The van der Waals surface area contributed by atoms with Crippen LogP contribution in [0.25, 0.3) is 5.57 Å². The zero-order valence-corrected chi connectivity index (χ0v) is 35.5. The molecule has 288 valence electrons. The second-order valence-electron chi connectivity index (χ2n) is 16.9. The summed E-state index contributed by atoms with van der Waals surface area (Å²) < 4.78 is 7.02. The first kappa shape index (κ1) is 42.0. The summed E-state index contributed by atoms with van der Waals surface area (Å²) in [6.45, 7) is 27.6. The Bertz CT molecular complexity index is 1560. The SMILES string of the molecule is CCC(CC)/C(=C/C(O)C(CC)CC)O[C@@H](C)c1c(C)cc(C)cc1[C@@H](C)CC(CC(C)C)C1CC2=C(C=C1NC)C(CC)(CC)c1ccccc12. The summed E-state index contributed by atoms with van der Waals surface area (Å²) in [5.74, 6) is 3.48. The number of benzene rings is 2. The lowest BCUT2D eigenvalue weighted by atomic mass is 9.68. The lowest BCUT2D eigenvalue weighted by Crippen LogP contribution is -2.31. The lowest BCUT2D eigenvalue weighted by molar-refractivity contribution is 0.0883. The molecule has 3 heteroatoms. The molecule has 0 aliphatic heterocycles. The first-order valence-corrected chi connectivity index (χ1v) is 21.2. The highest BCUT2D eigenvalue weighted by Gasteiger charge is 2.45. The van der Waals surface area contributed by atoms with E-state index in [4.69, 9.17) is 4.74 Å². The highest BCUT2D eigenvalue weighted by atomic mass is 16.5. The summed E-state index contributed by atoms with van der Waals surface area (Å²) in [6, 6.07) is 14.1. The van der Waals surface area contributed by atoms with Gasteiger partial charge in [-0.15, -0.1) is 0 Å². The van der Waals surface area contributed by atoms with Crippen LogP contribution in [0, 0.1) is 43.4 Å². The van der Waals surface area contributed by atoms with Gasteiger partial charge in [0.1, 0.15) is 6.10 Å². The van der Waals surface area contributed by atoms with Crippen LogP contribution in [0.5, 0.6) is 0 Å². The number of fused-ring (bicyclic) bond motifs is 2. The molecule has 0 saturated heterocycles. The number of aliphatic hydroxyl groups is 1. The number of rotatable bonds is 19. The van der Waals surface area contributed by atoms with Crippen LogP contribution in [0.2, 0.25) is 0 Å². The maximum atomic E-state index is 11.3. The summed E-state index contributed by atoms with van der Waals surface area (Å²) in [7, 11) is 2.15. The van der Waals surface area contributed by atoms with Crippen molar-refractivity contribution in [3.8, 4) is 0 Å². The molecule has 52 heavy (non-hydrogen) atoms. The average Bonchev–Trinajstić information content (AvgIpc) is 3.39. The van der Waals surface area contributed by atoms with Crippen LogP contribution in [-0.2, 0) is 10.2 Å². The van der Waals surface area contributed by atoms with Crippen molar-refractivity contribution in [1.29, 1.82) is 0 Å². The maximum absolute atomic E-state index is 11.3. The highest BCUT2D eigenvalue weighted by Crippen LogP contribution is 2.56. The third kappa shape index (κ3) is 8.61. The predicted octanol–water partition coefficient (Wildman–Crippen LogP) is 13.3. The number of aliphatic hydroxyl groups excluding tert-OH is 1. The van der Waals surface area contributed by atoms with Gasteiger partial charge in [0.15, 0.2) is 0 Å². The van der Waals surface area contributed by atoms with Gasteiger partial charge < -0.3 is 15.2 Å². The van der Waals surface area contributed by atoms with Crippen molar-refractivity contribution in [1.82, 2.24) is 5.32 Å². The fourth-order valence-electron chi connectivity index (χ4n) is 10.4. The van der Waals surface area contributed by atoms with Crippen molar-refractivity contribution in [3.05, 3.63) is 99.0 Å². The molecule has 3 nitrogen and oxygen atoms in total. The second kappa shape index (κ2) is 18.5. The molecule has 0 heterocycles. The molecular formula is C49H75NO2. The molecule has 0 amide bonds. The van der Waals surface area contributed by atoms with E-state index in [1.54, 1.807) is 11.1 Å². The molecule has 3 unspecified atom stereocenters. The van der Waals surface area contributed by atoms with Gasteiger partial charge in [0.05, 0.1) is 11.9 Å². The van der Waals surface area contributed by atoms with E-state index in [1.165, 1.54) is 45.5 Å². The number of nitrogens with one attached hydrogen (secondary N) is 1. The van der Waals surface area contributed by atoms with E-state index in [2.05, 4.69) is 144 Å². The minimum Gasteiger partial charge on any atom is -0.490 e. The predicted molar refractivity (Wildman–Crippen MR) is 224 cm³/mol. The zero-order valence-electron chi connectivity index (χ0n) is 35.5. The van der Waals surface area contributed by atoms with Crippen LogP contribution in [0.4, 0.5) is 0 Å². The van der Waals surface area contributed by atoms with Crippen molar-refractivity contribution >= 4 is 5.57 Å². The van der Waals surface area contributed by atoms with Crippen molar-refractivity contribution in [2.24, 2.45) is 29.6 Å². The van der Waals surface area contributed by atoms with Crippen molar-refractivity contribution in [2.45, 2.75) is 164 Å².